The van der Waals surface area contributed by atoms with E-state index in [0.29, 0.717) is 40.4 Å². The zero-order valence-corrected chi connectivity index (χ0v) is 22.6. The van der Waals surface area contributed by atoms with Gasteiger partial charge in [-0.1, -0.05) is 47.5 Å². The summed E-state index contributed by atoms with van der Waals surface area (Å²) in [6, 6.07) is 16.1. The number of halogens is 1. The van der Waals surface area contributed by atoms with Gasteiger partial charge < -0.3 is 9.47 Å². The van der Waals surface area contributed by atoms with Gasteiger partial charge in [0.2, 0.25) is 0 Å². The van der Waals surface area contributed by atoms with E-state index in [1.54, 1.807) is 18.2 Å². The van der Waals surface area contributed by atoms with E-state index in [0.717, 1.165) is 27.2 Å². The number of urea groups is 1. The van der Waals surface area contributed by atoms with Crippen LogP contribution in [0.5, 0.6) is 11.5 Å². The van der Waals surface area contributed by atoms with Crippen LogP contribution in [-0.2, 0) is 16.2 Å². The van der Waals surface area contributed by atoms with Gasteiger partial charge >= 0.3 is 6.03 Å². The van der Waals surface area contributed by atoms with Gasteiger partial charge in [-0.25, -0.2) is 9.69 Å². The van der Waals surface area contributed by atoms with Gasteiger partial charge in [0.05, 0.1) is 16.8 Å². The summed E-state index contributed by atoms with van der Waals surface area (Å²) in [6.07, 6.45) is 1.44. The van der Waals surface area contributed by atoms with Crippen LogP contribution in [0.3, 0.4) is 0 Å². The van der Waals surface area contributed by atoms with Crippen molar-refractivity contribution in [3.63, 3.8) is 0 Å². The molecule has 7 nitrogen and oxygen atoms in total. The summed E-state index contributed by atoms with van der Waals surface area (Å²) >= 11 is 3.54. The summed E-state index contributed by atoms with van der Waals surface area (Å²) in [6.45, 7) is 8.34. The number of hydrogen-bond acceptors (Lipinski definition) is 5. The molecule has 4 amide bonds. The zero-order valence-electron chi connectivity index (χ0n) is 21.1. The van der Waals surface area contributed by atoms with Crippen LogP contribution in [0, 0.1) is 20.8 Å². The molecule has 1 saturated heterocycles. The van der Waals surface area contributed by atoms with Crippen molar-refractivity contribution in [2.45, 2.75) is 34.3 Å². The molecule has 0 unspecified atom stereocenters. The van der Waals surface area contributed by atoms with E-state index >= 15 is 0 Å². The maximum atomic E-state index is 13.3. The first-order valence-electron chi connectivity index (χ1n) is 11.8. The third-order valence-electron chi connectivity index (χ3n) is 5.84. The Morgan fingerprint density at radius 3 is 2.30 bits per heavy atom. The number of nitrogens with one attached hydrogen (secondary N) is 1. The third-order valence-corrected chi connectivity index (χ3v) is 6.43. The second-order valence-electron chi connectivity index (χ2n) is 8.79. The summed E-state index contributed by atoms with van der Waals surface area (Å²) in [4.78, 5) is 39.6. The predicted molar refractivity (Wildman–Crippen MR) is 146 cm³/mol. The summed E-state index contributed by atoms with van der Waals surface area (Å²) in [5.41, 5.74) is 4.70. The number of carbonyl (C=O) groups excluding carboxylic acids is 3. The fraction of sp³-hybridized carbons (Fsp3) is 0.207. The van der Waals surface area contributed by atoms with Crippen molar-refractivity contribution in [1.29, 1.82) is 0 Å². The Kier molecular flexibility index (Phi) is 7.78. The van der Waals surface area contributed by atoms with Gasteiger partial charge in [0, 0.05) is 0 Å². The average Bonchev–Trinajstić information content (AvgIpc) is 2.84. The summed E-state index contributed by atoms with van der Waals surface area (Å²) in [5, 5.41) is 2.27. The van der Waals surface area contributed by atoms with Crippen LogP contribution in [0.15, 0.2) is 64.6 Å². The van der Waals surface area contributed by atoms with Gasteiger partial charge in [0.25, 0.3) is 11.8 Å². The lowest BCUT2D eigenvalue weighted by molar-refractivity contribution is -0.122. The minimum absolute atomic E-state index is 0.165. The molecule has 3 aromatic rings. The molecule has 3 aromatic carbocycles. The molecule has 4 rings (SSSR count). The van der Waals surface area contributed by atoms with E-state index in [4.69, 9.17) is 9.47 Å². The molecule has 1 aliphatic rings. The van der Waals surface area contributed by atoms with Gasteiger partial charge in [-0.2, -0.15) is 0 Å². The fourth-order valence-corrected chi connectivity index (χ4v) is 4.59. The summed E-state index contributed by atoms with van der Waals surface area (Å²) in [5.74, 6) is -0.489. The molecule has 8 heteroatoms. The molecule has 1 fully saturated rings. The first kappa shape index (κ1) is 26.2. The Labute approximate surface area is 224 Å². The minimum Gasteiger partial charge on any atom is -0.490 e. The van der Waals surface area contributed by atoms with Crippen molar-refractivity contribution in [3.8, 4) is 11.5 Å². The van der Waals surface area contributed by atoms with Gasteiger partial charge in [-0.15, -0.1) is 0 Å². The van der Waals surface area contributed by atoms with E-state index in [1.807, 2.05) is 64.1 Å². The number of rotatable bonds is 7. The van der Waals surface area contributed by atoms with Gasteiger partial charge in [-0.3, -0.25) is 14.9 Å². The summed E-state index contributed by atoms with van der Waals surface area (Å²) in [7, 11) is 0. The van der Waals surface area contributed by atoms with E-state index in [-0.39, 0.29) is 5.57 Å². The maximum absolute atomic E-state index is 13.3. The fourth-order valence-electron chi connectivity index (χ4n) is 4.01. The Bertz CT molecular complexity index is 1410. The molecule has 1 heterocycles. The molecule has 0 atom stereocenters. The van der Waals surface area contributed by atoms with Gasteiger partial charge in [-0.05, 0) is 84.6 Å². The van der Waals surface area contributed by atoms with E-state index in [1.165, 1.54) is 6.08 Å². The van der Waals surface area contributed by atoms with E-state index in [9.17, 15) is 14.4 Å². The van der Waals surface area contributed by atoms with Gasteiger partial charge in [0.1, 0.15) is 12.2 Å². The second-order valence-corrected chi connectivity index (χ2v) is 9.64. The second kappa shape index (κ2) is 11.0. The lowest BCUT2D eigenvalue weighted by Crippen LogP contribution is -2.54. The standard InChI is InChI=1S/C29H27BrN2O5/c1-5-36-25-15-21(14-23(30)26(25)37-16-20-9-6-17(2)7-10-20)13-22-27(33)31-29(35)32(28(22)34)24-11-8-18(3)12-19(24)4/h6-15H,5,16H2,1-4H3,(H,31,33,35)/b22-13+. The van der Waals surface area contributed by atoms with Crippen LogP contribution in [-0.4, -0.2) is 24.5 Å². The van der Waals surface area contributed by atoms with Crippen LogP contribution < -0.4 is 19.7 Å². The molecule has 1 aliphatic heterocycles. The molecule has 0 radical (unpaired) electrons. The van der Waals surface area contributed by atoms with Crippen molar-refractivity contribution in [1.82, 2.24) is 5.32 Å². The lowest BCUT2D eigenvalue weighted by atomic mass is 10.0. The number of anilines is 1. The first-order valence-corrected chi connectivity index (χ1v) is 12.6. The highest BCUT2D eigenvalue weighted by molar-refractivity contribution is 9.10. The topological polar surface area (TPSA) is 84.9 Å². The lowest BCUT2D eigenvalue weighted by Gasteiger charge is -2.27. The number of aryl methyl sites for hydroxylation is 3. The van der Waals surface area contributed by atoms with Gasteiger partial charge in [0.15, 0.2) is 11.5 Å². The third kappa shape index (κ3) is 5.75. The predicted octanol–water partition coefficient (Wildman–Crippen LogP) is 6.02. The number of benzene rings is 3. The average molecular weight is 563 g/mol. The summed E-state index contributed by atoms with van der Waals surface area (Å²) < 4.78 is 12.5. The maximum Gasteiger partial charge on any atom is 0.335 e. The molecule has 0 saturated carbocycles. The number of carbonyl (C=O) groups is 3. The van der Waals surface area contributed by atoms with Crippen LogP contribution in [0.4, 0.5) is 10.5 Å². The smallest absolute Gasteiger partial charge is 0.335 e. The number of nitrogens with zero attached hydrogens (tertiary/aromatic N) is 1. The van der Waals surface area contributed by atoms with Crippen molar-refractivity contribution in [2.24, 2.45) is 0 Å². The SMILES string of the molecule is CCOc1cc(/C=C2\C(=O)NC(=O)N(c3ccc(C)cc3C)C2=O)cc(Br)c1OCc1ccc(C)cc1. The Morgan fingerprint density at radius 2 is 1.62 bits per heavy atom. The number of imide groups is 2. The molecule has 0 aliphatic carbocycles. The molecular formula is C29H27BrN2O5. The van der Waals surface area contributed by atoms with Crippen LogP contribution in [0.25, 0.3) is 6.08 Å². The molecule has 0 spiro atoms. The van der Waals surface area contributed by atoms with Crippen molar-refractivity contribution in [3.05, 3.63) is 92.5 Å². The number of hydrogen-bond donors (Lipinski definition) is 1. The van der Waals surface area contributed by atoms with E-state index < -0.39 is 17.8 Å². The zero-order chi connectivity index (χ0) is 26.7. The Morgan fingerprint density at radius 1 is 0.919 bits per heavy atom. The molecule has 37 heavy (non-hydrogen) atoms. The number of ether oxygens (including phenoxy) is 2. The minimum atomic E-state index is -0.782. The first-order chi connectivity index (χ1) is 17.7. The largest absolute Gasteiger partial charge is 0.490 e. The van der Waals surface area contributed by atoms with Crippen molar-refractivity contribution >= 4 is 45.5 Å². The highest BCUT2D eigenvalue weighted by Crippen LogP contribution is 2.38. The Balaban J connectivity index is 1.67. The monoisotopic (exact) mass is 562 g/mol. The van der Waals surface area contributed by atoms with E-state index in [2.05, 4.69) is 21.2 Å². The van der Waals surface area contributed by atoms with Crippen molar-refractivity contribution in [2.75, 3.05) is 11.5 Å². The van der Waals surface area contributed by atoms with Crippen molar-refractivity contribution < 1.29 is 23.9 Å². The highest BCUT2D eigenvalue weighted by Gasteiger charge is 2.37. The molecule has 190 valence electrons. The normalized spacial score (nSPS) is 14.7. The van der Waals surface area contributed by atoms with Crippen LogP contribution >= 0.6 is 15.9 Å². The number of amides is 4. The highest BCUT2D eigenvalue weighted by atomic mass is 79.9. The molecule has 1 N–H and O–H groups in total. The quantitative estimate of drug-likeness (QED) is 0.281. The molecule has 0 bridgehead atoms. The number of barbiturate groups is 1. The Hall–Kier alpha value is -3.91. The molecule has 0 aromatic heterocycles. The van der Waals surface area contributed by atoms with Crippen LogP contribution in [0.1, 0.15) is 34.7 Å². The molecular weight excluding hydrogens is 536 g/mol. The van der Waals surface area contributed by atoms with Crippen LogP contribution in [0.2, 0.25) is 0 Å².